The maximum Gasteiger partial charge on any atom is 0.319 e. The Balaban J connectivity index is 2.27. The van der Waals surface area contributed by atoms with Crippen molar-refractivity contribution < 1.29 is 19.1 Å². The minimum Gasteiger partial charge on any atom is -0.469 e. The number of esters is 1. The average molecular weight is 278 g/mol. The number of ether oxygens (including phenoxy) is 1. The lowest BCUT2D eigenvalue weighted by Crippen LogP contribution is -2.33. The molecule has 0 aliphatic heterocycles. The fourth-order valence-electron chi connectivity index (χ4n) is 1.42. The van der Waals surface area contributed by atoms with Crippen LogP contribution in [0.5, 0.6) is 0 Å². The predicted molar refractivity (Wildman–Crippen MR) is 74.5 cm³/mol. The van der Waals surface area contributed by atoms with E-state index in [1.807, 2.05) is 19.1 Å². The zero-order valence-electron chi connectivity index (χ0n) is 11.6. The van der Waals surface area contributed by atoms with Crippen LogP contribution in [-0.4, -0.2) is 31.4 Å². The summed E-state index contributed by atoms with van der Waals surface area (Å²) in [5, 5.41) is 5.04. The van der Waals surface area contributed by atoms with Crippen LogP contribution < -0.4 is 10.6 Å². The smallest absolute Gasteiger partial charge is 0.319 e. The molecule has 6 nitrogen and oxygen atoms in total. The molecule has 20 heavy (non-hydrogen) atoms. The number of urea groups is 1. The highest BCUT2D eigenvalue weighted by molar-refractivity contribution is 5.93. The van der Waals surface area contributed by atoms with Gasteiger partial charge < -0.3 is 15.4 Å². The van der Waals surface area contributed by atoms with E-state index in [0.717, 1.165) is 5.56 Å². The van der Waals surface area contributed by atoms with E-state index in [-0.39, 0.29) is 25.2 Å². The summed E-state index contributed by atoms with van der Waals surface area (Å²) >= 11 is 0. The Morgan fingerprint density at radius 1 is 1.10 bits per heavy atom. The summed E-state index contributed by atoms with van der Waals surface area (Å²) in [4.78, 5) is 33.8. The van der Waals surface area contributed by atoms with Crippen LogP contribution in [-0.2, 0) is 14.3 Å². The molecule has 0 atom stereocenters. The Bertz CT molecular complexity index is 482. The number of hydrogen-bond donors (Lipinski definition) is 2. The molecule has 0 heterocycles. The fourth-order valence-corrected chi connectivity index (χ4v) is 1.42. The molecule has 0 radical (unpaired) electrons. The molecule has 1 rings (SSSR count). The van der Waals surface area contributed by atoms with Gasteiger partial charge in [0.2, 0.25) is 0 Å². The number of rotatable bonds is 6. The van der Waals surface area contributed by atoms with E-state index < -0.39 is 12.0 Å². The molecule has 1 aromatic rings. The van der Waals surface area contributed by atoms with E-state index in [1.54, 1.807) is 12.1 Å². The molecule has 0 bridgehead atoms. The van der Waals surface area contributed by atoms with Crippen LogP contribution in [0.25, 0.3) is 0 Å². The van der Waals surface area contributed by atoms with Crippen molar-refractivity contribution in [2.24, 2.45) is 0 Å². The van der Waals surface area contributed by atoms with Crippen LogP contribution in [0.1, 0.15) is 18.4 Å². The Morgan fingerprint density at radius 3 is 2.35 bits per heavy atom. The number of nitrogens with one attached hydrogen (secondary N) is 2. The number of carbonyl (C=O) groups excluding carboxylic acids is 3. The highest BCUT2D eigenvalue weighted by Crippen LogP contribution is 2.07. The number of benzene rings is 1. The number of hydrogen-bond acceptors (Lipinski definition) is 4. The molecule has 6 heteroatoms. The van der Waals surface area contributed by atoms with Crippen LogP contribution in [0.15, 0.2) is 24.3 Å². The molecule has 108 valence electrons. The maximum absolute atomic E-state index is 11.5. The number of carbonyl (C=O) groups is 3. The first-order chi connectivity index (χ1) is 9.51. The van der Waals surface area contributed by atoms with Gasteiger partial charge in [0.05, 0.1) is 20.1 Å². The zero-order valence-corrected chi connectivity index (χ0v) is 11.6. The van der Waals surface area contributed by atoms with Crippen molar-refractivity contribution in [2.45, 2.75) is 19.8 Å². The predicted octanol–water partition coefficient (Wildman–Crippen LogP) is 1.64. The van der Waals surface area contributed by atoms with Gasteiger partial charge in [0.1, 0.15) is 0 Å². The molecule has 0 aliphatic carbocycles. The van der Waals surface area contributed by atoms with Gasteiger partial charge in [0.15, 0.2) is 5.78 Å². The highest BCUT2D eigenvalue weighted by atomic mass is 16.5. The number of anilines is 1. The van der Waals surface area contributed by atoms with Gasteiger partial charge in [-0.2, -0.15) is 0 Å². The second kappa shape index (κ2) is 7.93. The van der Waals surface area contributed by atoms with Gasteiger partial charge in [0, 0.05) is 12.1 Å². The van der Waals surface area contributed by atoms with E-state index >= 15 is 0 Å². The molecule has 0 aromatic heterocycles. The monoisotopic (exact) mass is 278 g/mol. The summed E-state index contributed by atoms with van der Waals surface area (Å²) in [7, 11) is 1.26. The first-order valence-corrected chi connectivity index (χ1v) is 6.21. The molecule has 0 aliphatic rings. The van der Waals surface area contributed by atoms with Crippen molar-refractivity contribution in [2.75, 3.05) is 19.0 Å². The fraction of sp³-hybridized carbons (Fsp3) is 0.357. The third kappa shape index (κ3) is 5.99. The summed E-state index contributed by atoms with van der Waals surface area (Å²) in [6, 6.07) is 6.83. The van der Waals surface area contributed by atoms with E-state index in [9.17, 15) is 14.4 Å². The second-order valence-electron chi connectivity index (χ2n) is 4.29. The topological polar surface area (TPSA) is 84.5 Å². The van der Waals surface area contributed by atoms with Crippen molar-refractivity contribution in [1.82, 2.24) is 5.32 Å². The third-order valence-electron chi connectivity index (χ3n) is 2.59. The summed E-state index contributed by atoms with van der Waals surface area (Å²) in [6.45, 7) is 1.83. The molecule has 2 amide bonds. The Kier molecular flexibility index (Phi) is 6.22. The third-order valence-corrected chi connectivity index (χ3v) is 2.59. The summed E-state index contributed by atoms with van der Waals surface area (Å²) in [5.74, 6) is -0.670. The quantitative estimate of drug-likeness (QED) is 0.775. The van der Waals surface area contributed by atoms with Gasteiger partial charge in [-0.25, -0.2) is 4.79 Å². The van der Waals surface area contributed by atoms with Gasteiger partial charge in [-0.3, -0.25) is 9.59 Å². The Morgan fingerprint density at radius 2 is 1.75 bits per heavy atom. The van der Waals surface area contributed by atoms with Crippen LogP contribution in [0.4, 0.5) is 10.5 Å². The molecule has 0 unspecified atom stereocenters. The SMILES string of the molecule is COC(=O)CCC(=O)CNC(=O)Nc1ccc(C)cc1. The number of Topliss-reactive ketones (excluding diaryl/α,β-unsaturated/α-hetero) is 1. The normalized spacial score (nSPS) is 9.70. The minimum absolute atomic E-state index is 0.0244. The second-order valence-corrected chi connectivity index (χ2v) is 4.29. The van der Waals surface area contributed by atoms with Crippen LogP contribution in [0, 0.1) is 6.92 Å². The van der Waals surface area contributed by atoms with E-state index in [1.165, 1.54) is 7.11 Å². The van der Waals surface area contributed by atoms with E-state index in [0.29, 0.717) is 5.69 Å². The van der Waals surface area contributed by atoms with Crippen molar-refractivity contribution >= 4 is 23.5 Å². The minimum atomic E-state index is -0.458. The van der Waals surface area contributed by atoms with Gasteiger partial charge in [-0.15, -0.1) is 0 Å². The van der Waals surface area contributed by atoms with Crippen LogP contribution in [0.2, 0.25) is 0 Å². The van der Waals surface area contributed by atoms with Crippen molar-refractivity contribution in [3.05, 3.63) is 29.8 Å². The van der Waals surface area contributed by atoms with Crippen molar-refractivity contribution in [3.63, 3.8) is 0 Å². The lowest BCUT2D eigenvalue weighted by Gasteiger charge is -2.07. The number of aryl methyl sites for hydroxylation is 1. The van der Waals surface area contributed by atoms with E-state index in [4.69, 9.17) is 0 Å². The highest BCUT2D eigenvalue weighted by Gasteiger charge is 2.08. The Labute approximate surface area is 117 Å². The molecule has 0 fully saturated rings. The Hall–Kier alpha value is -2.37. The first-order valence-electron chi connectivity index (χ1n) is 6.21. The maximum atomic E-state index is 11.5. The summed E-state index contributed by atoms with van der Waals surface area (Å²) < 4.78 is 4.42. The number of ketones is 1. The molecule has 1 aromatic carbocycles. The lowest BCUT2D eigenvalue weighted by atomic mass is 10.2. The largest absolute Gasteiger partial charge is 0.469 e. The van der Waals surface area contributed by atoms with Crippen molar-refractivity contribution in [3.8, 4) is 0 Å². The van der Waals surface area contributed by atoms with Gasteiger partial charge >= 0.3 is 12.0 Å². The van der Waals surface area contributed by atoms with Gasteiger partial charge in [-0.1, -0.05) is 17.7 Å². The zero-order chi connectivity index (χ0) is 15.0. The molecule has 0 saturated heterocycles. The lowest BCUT2D eigenvalue weighted by molar-refractivity contribution is -0.141. The van der Waals surface area contributed by atoms with Crippen molar-refractivity contribution in [1.29, 1.82) is 0 Å². The molecule has 2 N–H and O–H groups in total. The molecule has 0 spiro atoms. The van der Waals surface area contributed by atoms with Gasteiger partial charge in [-0.05, 0) is 19.1 Å². The summed E-state index contributed by atoms with van der Waals surface area (Å²) in [6.07, 6.45) is 0.0775. The molecular formula is C14H18N2O4. The number of methoxy groups -OCH3 is 1. The standard InChI is InChI=1S/C14H18N2O4/c1-10-3-5-11(6-4-10)16-14(19)15-9-12(17)7-8-13(18)20-2/h3-6H,7-9H2,1-2H3,(H2,15,16,19). The number of amides is 2. The molecule has 0 saturated carbocycles. The summed E-state index contributed by atoms with van der Waals surface area (Å²) in [5.41, 5.74) is 1.74. The van der Waals surface area contributed by atoms with Crippen LogP contribution in [0.3, 0.4) is 0 Å². The first kappa shape index (κ1) is 15.7. The molecular weight excluding hydrogens is 260 g/mol. The van der Waals surface area contributed by atoms with Gasteiger partial charge in [0.25, 0.3) is 0 Å². The average Bonchev–Trinajstić information content (AvgIpc) is 2.45. The van der Waals surface area contributed by atoms with E-state index in [2.05, 4.69) is 15.4 Å². The van der Waals surface area contributed by atoms with Crippen LogP contribution >= 0.6 is 0 Å².